The lowest BCUT2D eigenvalue weighted by Crippen LogP contribution is -2.07. The number of methoxy groups -OCH3 is 1. The number of carbonyl (C=O) groups is 1. The molecule has 0 aliphatic heterocycles. The van der Waals surface area contributed by atoms with Gasteiger partial charge in [-0.25, -0.2) is 14.8 Å². The Morgan fingerprint density at radius 2 is 2.36 bits per heavy atom. The Morgan fingerprint density at radius 1 is 1.57 bits per heavy atom. The quantitative estimate of drug-likeness (QED) is 0.683. The first kappa shape index (κ1) is 10.6. The van der Waals surface area contributed by atoms with Gasteiger partial charge in [0.25, 0.3) is 0 Å². The number of carbonyl (C=O) groups excluding carboxylic acids is 1. The first-order chi connectivity index (χ1) is 6.77. The van der Waals surface area contributed by atoms with Gasteiger partial charge in [0.05, 0.1) is 7.11 Å². The number of hydrogen-bond acceptors (Lipinski definition) is 4. The Balaban J connectivity index is 2.73. The molecule has 76 valence electrons. The molecule has 0 saturated heterocycles. The third-order valence-electron chi connectivity index (χ3n) is 1.85. The van der Waals surface area contributed by atoms with Gasteiger partial charge in [-0.05, 0) is 12.5 Å². The van der Waals surface area contributed by atoms with Crippen LogP contribution in [0.15, 0.2) is 12.3 Å². The second-order valence-corrected chi connectivity index (χ2v) is 2.95. The largest absolute Gasteiger partial charge is 0.464 e. The Labute approximate surface area is 83.3 Å². The van der Waals surface area contributed by atoms with Crippen molar-refractivity contribution in [3.8, 4) is 0 Å². The van der Waals surface area contributed by atoms with E-state index in [1.807, 2.05) is 0 Å². The van der Waals surface area contributed by atoms with Crippen LogP contribution in [0.1, 0.15) is 36.1 Å². The summed E-state index contributed by atoms with van der Waals surface area (Å²) >= 11 is 0. The van der Waals surface area contributed by atoms with Crippen LogP contribution < -0.4 is 0 Å². The minimum Gasteiger partial charge on any atom is -0.464 e. The number of aryl methyl sites for hydroxylation is 1. The number of unbranched alkanes of at least 4 members (excludes halogenated alkanes) is 1. The van der Waals surface area contributed by atoms with Gasteiger partial charge in [0, 0.05) is 12.6 Å². The molecule has 0 amide bonds. The van der Waals surface area contributed by atoms with E-state index < -0.39 is 5.97 Å². The minimum atomic E-state index is -0.412. The van der Waals surface area contributed by atoms with Gasteiger partial charge in [-0.3, -0.25) is 0 Å². The van der Waals surface area contributed by atoms with Gasteiger partial charge >= 0.3 is 5.97 Å². The van der Waals surface area contributed by atoms with Crippen molar-refractivity contribution in [2.75, 3.05) is 7.11 Å². The van der Waals surface area contributed by atoms with E-state index in [4.69, 9.17) is 0 Å². The summed E-state index contributed by atoms with van der Waals surface area (Å²) < 4.78 is 4.57. The molecule has 0 unspecified atom stereocenters. The van der Waals surface area contributed by atoms with E-state index in [0.29, 0.717) is 11.5 Å². The highest BCUT2D eigenvalue weighted by Gasteiger charge is 2.07. The Hall–Kier alpha value is -1.45. The van der Waals surface area contributed by atoms with E-state index in [0.717, 1.165) is 19.3 Å². The lowest BCUT2D eigenvalue weighted by Gasteiger charge is -2.00. The Bertz CT molecular complexity index is 313. The number of rotatable bonds is 4. The summed E-state index contributed by atoms with van der Waals surface area (Å²) in [5.74, 6) is 0.292. The van der Waals surface area contributed by atoms with E-state index in [1.165, 1.54) is 7.11 Å². The first-order valence-electron chi connectivity index (χ1n) is 4.68. The molecule has 0 fully saturated rings. The van der Waals surface area contributed by atoms with Gasteiger partial charge in [-0.1, -0.05) is 13.3 Å². The van der Waals surface area contributed by atoms with Crippen LogP contribution in [0.25, 0.3) is 0 Å². The van der Waals surface area contributed by atoms with E-state index in [-0.39, 0.29) is 0 Å². The van der Waals surface area contributed by atoms with Crippen LogP contribution in [0.2, 0.25) is 0 Å². The summed E-state index contributed by atoms with van der Waals surface area (Å²) in [4.78, 5) is 19.3. The van der Waals surface area contributed by atoms with Crippen molar-refractivity contribution in [3.05, 3.63) is 23.8 Å². The van der Waals surface area contributed by atoms with Crippen LogP contribution in [0, 0.1) is 0 Å². The van der Waals surface area contributed by atoms with Gasteiger partial charge in [0.1, 0.15) is 5.82 Å². The number of ether oxygens (including phenoxy) is 1. The SMILES string of the molecule is CCCCc1nccc(C(=O)OC)n1. The van der Waals surface area contributed by atoms with Crippen molar-refractivity contribution in [1.29, 1.82) is 0 Å². The van der Waals surface area contributed by atoms with Crippen molar-refractivity contribution in [2.45, 2.75) is 26.2 Å². The number of hydrogen-bond donors (Lipinski definition) is 0. The van der Waals surface area contributed by atoms with Crippen molar-refractivity contribution in [2.24, 2.45) is 0 Å². The summed E-state index contributed by atoms with van der Waals surface area (Å²) in [6, 6.07) is 1.56. The molecule has 0 radical (unpaired) electrons. The van der Waals surface area contributed by atoms with Crippen LogP contribution in [0.4, 0.5) is 0 Å². The topological polar surface area (TPSA) is 52.1 Å². The molecule has 1 aromatic rings. The predicted octanol–water partition coefficient (Wildman–Crippen LogP) is 1.61. The van der Waals surface area contributed by atoms with Crippen molar-refractivity contribution >= 4 is 5.97 Å². The summed E-state index contributed by atoms with van der Waals surface area (Å²) in [5, 5.41) is 0. The van der Waals surface area contributed by atoms with E-state index in [1.54, 1.807) is 12.3 Å². The summed E-state index contributed by atoms with van der Waals surface area (Å²) in [5.41, 5.74) is 0.327. The molecule has 0 aromatic carbocycles. The highest BCUT2D eigenvalue weighted by molar-refractivity contribution is 5.86. The minimum absolute atomic E-state index is 0.327. The first-order valence-corrected chi connectivity index (χ1v) is 4.68. The Morgan fingerprint density at radius 3 is 3.00 bits per heavy atom. The summed E-state index contributed by atoms with van der Waals surface area (Å²) in [6.07, 6.45) is 4.52. The average molecular weight is 194 g/mol. The van der Waals surface area contributed by atoms with E-state index >= 15 is 0 Å². The van der Waals surface area contributed by atoms with Crippen molar-refractivity contribution in [1.82, 2.24) is 9.97 Å². The van der Waals surface area contributed by atoms with Crippen molar-refractivity contribution in [3.63, 3.8) is 0 Å². The van der Waals surface area contributed by atoms with E-state index in [2.05, 4.69) is 21.6 Å². The zero-order valence-corrected chi connectivity index (χ0v) is 8.49. The van der Waals surface area contributed by atoms with Gasteiger partial charge < -0.3 is 4.74 Å². The lowest BCUT2D eigenvalue weighted by atomic mass is 10.2. The molecule has 0 bridgehead atoms. The van der Waals surface area contributed by atoms with Gasteiger partial charge in [0.2, 0.25) is 0 Å². The van der Waals surface area contributed by atoms with Crippen LogP contribution >= 0.6 is 0 Å². The summed E-state index contributed by atoms with van der Waals surface area (Å²) in [6.45, 7) is 2.10. The molecule has 4 heteroatoms. The third kappa shape index (κ3) is 2.80. The molecule has 14 heavy (non-hydrogen) atoms. The van der Waals surface area contributed by atoms with Gasteiger partial charge in [-0.2, -0.15) is 0 Å². The molecule has 0 N–H and O–H groups in total. The molecule has 1 rings (SSSR count). The maximum Gasteiger partial charge on any atom is 0.356 e. The Kier molecular flexibility index (Phi) is 4.04. The lowest BCUT2D eigenvalue weighted by molar-refractivity contribution is 0.0593. The van der Waals surface area contributed by atoms with Gasteiger partial charge in [0.15, 0.2) is 5.69 Å². The maximum atomic E-state index is 11.1. The standard InChI is InChI=1S/C10H14N2O2/c1-3-4-5-9-11-7-6-8(12-9)10(13)14-2/h6-7H,3-5H2,1-2H3. The monoisotopic (exact) mass is 194 g/mol. The molecule has 1 heterocycles. The predicted molar refractivity (Wildman–Crippen MR) is 52.0 cm³/mol. The molecule has 4 nitrogen and oxygen atoms in total. The van der Waals surface area contributed by atoms with Gasteiger partial charge in [-0.15, -0.1) is 0 Å². The van der Waals surface area contributed by atoms with Crippen molar-refractivity contribution < 1.29 is 9.53 Å². The number of esters is 1. The maximum absolute atomic E-state index is 11.1. The fourth-order valence-electron chi connectivity index (χ4n) is 1.07. The third-order valence-corrected chi connectivity index (χ3v) is 1.85. The normalized spacial score (nSPS) is 9.86. The van der Waals surface area contributed by atoms with Crippen LogP contribution in [-0.2, 0) is 11.2 Å². The van der Waals surface area contributed by atoms with Crippen LogP contribution in [0.5, 0.6) is 0 Å². The average Bonchev–Trinajstić information content (AvgIpc) is 2.25. The van der Waals surface area contributed by atoms with E-state index in [9.17, 15) is 4.79 Å². The highest BCUT2D eigenvalue weighted by Crippen LogP contribution is 2.01. The molecular formula is C10H14N2O2. The number of nitrogens with zero attached hydrogens (tertiary/aromatic N) is 2. The zero-order valence-electron chi connectivity index (χ0n) is 8.49. The molecule has 0 saturated carbocycles. The zero-order chi connectivity index (χ0) is 10.4. The molecule has 0 atom stereocenters. The fraction of sp³-hybridized carbons (Fsp3) is 0.500. The van der Waals surface area contributed by atoms with Crippen LogP contribution in [-0.4, -0.2) is 23.0 Å². The molecular weight excluding hydrogens is 180 g/mol. The second kappa shape index (κ2) is 5.32. The fourth-order valence-corrected chi connectivity index (χ4v) is 1.07. The smallest absolute Gasteiger partial charge is 0.356 e. The highest BCUT2D eigenvalue weighted by atomic mass is 16.5. The van der Waals surface area contributed by atoms with Crippen LogP contribution in [0.3, 0.4) is 0 Å². The summed E-state index contributed by atoms with van der Waals surface area (Å²) in [7, 11) is 1.34. The molecule has 0 spiro atoms. The second-order valence-electron chi connectivity index (χ2n) is 2.95. The molecule has 0 aliphatic carbocycles. The molecule has 1 aromatic heterocycles. The molecule has 0 aliphatic rings. The number of aromatic nitrogens is 2.